The highest BCUT2D eigenvalue weighted by Crippen LogP contribution is 2.35. The van der Waals surface area contributed by atoms with Gasteiger partial charge in [0.05, 0.1) is 12.2 Å². The van der Waals surface area contributed by atoms with Crippen LogP contribution in [0.25, 0.3) is 4.96 Å². The van der Waals surface area contributed by atoms with Crippen LogP contribution >= 0.6 is 11.3 Å². The summed E-state index contributed by atoms with van der Waals surface area (Å²) in [6, 6.07) is 7.53. The van der Waals surface area contributed by atoms with Crippen molar-refractivity contribution in [2.75, 3.05) is 11.9 Å². The molecule has 0 spiro atoms. The normalized spacial score (nSPS) is 16.7. The Labute approximate surface area is 141 Å². The van der Waals surface area contributed by atoms with Crippen LogP contribution in [0.3, 0.4) is 0 Å². The Morgan fingerprint density at radius 2 is 2.12 bits per heavy atom. The van der Waals surface area contributed by atoms with Gasteiger partial charge in [-0.15, -0.1) is 11.3 Å². The van der Waals surface area contributed by atoms with Crippen LogP contribution in [0.1, 0.15) is 30.4 Å². The minimum Gasteiger partial charge on any atom is -0.494 e. The van der Waals surface area contributed by atoms with Crippen molar-refractivity contribution in [1.29, 1.82) is 0 Å². The minimum atomic E-state index is -0.304. The Kier molecular flexibility index (Phi) is 3.57. The van der Waals surface area contributed by atoms with E-state index in [0.717, 1.165) is 11.3 Å². The fourth-order valence-corrected chi connectivity index (χ4v) is 3.77. The fraction of sp³-hybridized carbons (Fsp3) is 0.235. The number of nitrogens with zero attached hydrogens (tertiary/aromatic N) is 2. The van der Waals surface area contributed by atoms with Crippen molar-refractivity contribution in [2.24, 2.45) is 0 Å². The van der Waals surface area contributed by atoms with Gasteiger partial charge >= 0.3 is 0 Å². The Balaban J connectivity index is 1.86. The van der Waals surface area contributed by atoms with Crippen molar-refractivity contribution in [1.82, 2.24) is 9.38 Å². The molecule has 7 heteroatoms. The van der Waals surface area contributed by atoms with Crippen LogP contribution in [-0.2, 0) is 4.79 Å². The Morgan fingerprint density at radius 3 is 2.88 bits per heavy atom. The lowest BCUT2D eigenvalue weighted by molar-refractivity contribution is -0.116. The van der Waals surface area contributed by atoms with E-state index in [2.05, 4.69) is 10.3 Å². The molecular formula is C17H15N3O3S. The summed E-state index contributed by atoms with van der Waals surface area (Å²) in [6.45, 7) is 2.52. The molecule has 24 heavy (non-hydrogen) atoms. The van der Waals surface area contributed by atoms with Crippen molar-refractivity contribution in [3.63, 3.8) is 0 Å². The lowest BCUT2D eigenvalue weighted by Crippen LogP contribution is -2.31. The predicted molar refractivity (Wildman–Crippen MR) is 92.0 cm³/mol. The molecule has 1 aliphatic rings. The van der Waals surface area contributed by atoms with Crippen LogP contribution in [0.2, 0.25) is 0 Å². The number of hydrogen-bond donors (Lipinski definition) is 1. The van der Waals surface area contributed by atoms with Gasteiger partial charge in [0.1, 0.15) is 11.6 Å². The van der Waals surface area contributed by atoms with Gasteiger partial charge in [-0.3, -0.25) is 14.0 Å². The van der Waals surface area contributed by atoms with Gasteiger partial charge in [0.2, 0.25) is 5.91 Å². The zero-order valence-corrected chi connectivity index (χ0v) is 13.8. The van der Waals surface area contributed by atoms with Gasteiger partial charge in [0, 0.05) is 23.9 Å². The van der Waals surface area contributed by atoms with Crippen LogP contribution in [0.15, 0.2) is 40.6 Å². The highest BCUT2D eigenvalue weighted by molar-refractivity contribution is 7.15. The number of nitrogens with one attached hydrogen (secondary N) is 1. The standard InChI is InChI=1S/C17H15N3O3S/c1-2-23-11-5-3-10(4-6-11)12-9-13(21)18-15-14(12)16(22)19-17-20(15)7-8-24-17/h3-8,12H,2,9H2,1H3,(H,18,21)/t12-/m0/s1. The topological polar surface area (TPSA) is 72.7 Å². The van der Waals surface area contributed by atoms with Crippen molar-refractivity contribution < 1.29 is 9.53 Å². The van der Waals surface area contributed by atoms with E-state index >= 15 is 0 Å². The van der Waals surface area contributed by atoms with Gasteiger partial charge in [-0.1, -0.05) is 12.1 Å². The average Bonchev–Trinajstić information content (AvgIpc) is 3.03. The second-order valence-corrected chi connectivity index (χ2v) is 6.41. The summed E-state index contributed by atoms with van der Waals surface area (Å²) in [6.07, 6.45) is 2.04. The largest absolute Gasteiger partial charge is 0.494 e. The van der Waals surface area contributed by atoms with Crippen LogP contribution in [-0.4, -0.2) is 21.9 Å². The molecular weight excluding hydrogens is 326 g/mol. The zero-order chi connectivity index (χ0) is 16.7. The molecule has 2 aromatic heterocycles. The Bertz CT molecular complexity index is 975. The van der Waals surface area contributed by atoms with E-state index in [9.17, 15) is 9.59 Å². The molecule has 1 aromatic carbocycles. The van der Waals surface area contributed by atoms with Crippen LogP contribution in [0.5, 0.6) is 5.75 Å². The molecule has 1 N–H and O–H groups in total. The second-order valence-electron chi connectivity index (χ2n) is 5.54. The summed E-state index contributed by atoms with van der Waals surface area (Å²) in [5.74, 6) is 0.888. The molecule has 3 aromatic rings. The number of benzene rings is 1. The summed E-state index contributed by atoms with van der Waals surface area (Å²) in [5, 5.41) is 4.67. The summed E-state index contributed by atoms with van der Waals surface area (Å²) >= 11 is 1.36. The van der Waals surface area contributed by atoms with Crippen molar-refractivity contribution in [3.05, 3.63) is 57.3 Å². The summed E-state index contributed by atoms with van der Waals surface area (Å²) in [5.41, 5.74) is 1.16. The minimum absolute atomic E-state index is 0.105. The van der Waals surface area contributed by atoms with Gasteiger partial charge in [0.25, 0.3) is 5.56 Å². The maximum atomic E-state index is 12.5. The number of carbonyl (C=O) groups excluding carboxylic acids is 1. The third kappa shape index (κ3) is 2.37. The third-order valence-corrected chi connectivity index (χ3v) is 4.86. The van der Waals surface area contributed by atoms with E-state index < -0.39 is 0 Å². The molecule has 0 bridgehead atoms. The second kappa shape index (κ2) is 5.76. The van der Waals surface area contributed by atoms with Gasteiger partial charge in [-0.05, 0) is 24.6 Å². The van der Waals surface area contributed by atoms with Crippen molar-refractivity contribution in [3.8, 4) is 5.75 Å². The zero-order valence-electron chi connectivity index (χ0n) is 13.0. The molecule has 0 unspecified atom stereocenters. The highest BCUT2D eigenvalue weighted by atomic mass is 32.1. The third-order valence-electron chi connectivity index (χ3n) is 4.10. The molecule has 1 atom stereocenters. The molecule has 122 valence electrons. The first-order chi connectivity index (χ1) is 11.7. The molecule has 0 fully saturated rings. The van der Waals surface area contributed by atoms with E-state index in [1.54, 1.807) is 4.40 Å². The number of anilines is 1. The Morgan fingerprint density at radius 1 is 1.33 bits per heavy atom. The summed E-state index contributed by atoms with van der Waals surface area (Å²) in [7, 11) is 0. The number of thiazole rings is 1. The van der Waals surface area contributed by atoms with Crippen LogP contribution < -0.4 is 15.6 Å². The predicted octanol–water partition coefficient (Wildman–Crippen LogP) is 2.63. The number of fused-ring (bicyclic) bond motifs is 3. The molecule has 3 heterocycles. The van der Waals surface area contributed by atoms with E-state index in [1.165, 1.54) is 11.3 Å². The van der Waals surface area contributed by atoms with E-state index in [4.69, 9.17) is 4.74 Å². The smallest absolute Gasteiger partial charge is 0.279 e. The number of ether oxygens (including phenoxy) is 1. The van der Waals surface area contributed by atoms with Crippen molar-refractivity contribution in [2.45, 2.75) is 19.3 Å². The molecule has 0 aliphatic carbocycles. The van der Waals surface area contributed by atoms with E-state index in [0.29, 0.717) is 22.9 Å². The van der Waals surface area contributed by atoms with Gasteiger partial charge in [0.15, 0.2) is 4.96 Å². The fourth-order valence-electron chi connectivity index (χ4n) is 3.06. The average molecular weight is 341 g/mol. The lowest BCUT2D eigenvalue weighted by atomic mass is 9.87. The van der Waals surface area contributed by atoms with Crippen LogP contribution in [0, 0.1) is 0 Å². The quantitative estimate of drug-likeness (QED) is 0.795. The van der Waals surface area contributed by atoms with Crippen molar-refractivity contribution >= 4 is 28.0 Å². The van der Waals surface area contributed by atoms with E-state index in [-0.39, 0.29) is 23.8 Å². The number of carbonyl (C=O) groups is 1. The first kappa shape index (κ1) is 14.9. The summed E-state index contributed by atoms with van der Waals surface area (Å²) in [4.78, 5) is 29.5. The van der Waals surface area contributed by atoms with Gasteiger partial charge in [-0.25, -0.2) is 0 Å². The van der Waals surface area contributed by atoms with E-state index in [1.807, 2.05) is 42.8 Å². The molecule has 6 nitrogen and oxygen atoms in total. The highest BCUT2D eigenvalue weighted by Gasteiger charge is 2.31. The maximum absolute atomic E-state index is 12.5. The van der Waals surface area contributed by atoms with Crippen LogP contribution in [0.4, 0.5) is 5.82 Å². The monoisotopic (exact) mass is 341 g/mol. The number of amides is 1. The molecule has 0 radical (unpaired) electrons. The molecule has 4 rings (SSSR count). The Hall–Kier alpha value is -2.67. The molecule has 0 saturated carbocycles. The number of aromatic nitrogens is 2. The number of hydrogen-bond acceptors (Lipinski definition) is 5. The van der Waals surface area contributed by atoms with Gasteiger partial charge < -0.3 is 10.1 Å². The first-order valence-corrected chi connectivity index (χ1v) is 8.57. The summed E-state index contributed by atoms with van der Waals surface area (Å²) < 4.78 is 7.22. The maximum Gasteiger partial charge on any atom is 0.279 e. The first-order valence-electron chi connectivity index (χ1n) is 7.69. The SMILES string of the molecule is CCOc1ccc([C@@H]2CC(=O)Nc3c2c(=O)nc2sccn32)cc1. The molecule has 0 saturated heterocycles. The number of rotatable bonds is 3. The molecule has 1 aliphatic heterocycles. The molecule has 1 amide bonds. The van der Waals surface area contributed by atoms with Gasteiger partial charge in [-0.2, -0.15) is 4.98 Å². The lowest BCUT2D eigenvalue weighted by Gasteiger charge is -2.25.